The summed E-state index contributed by atoms with van der Waals surface area (Å²) in [7, 11) is 0. The topological polar surface area (TPSA) is 66.6 Å². The predicted octanol–water partition coefficient (Wildman–Crippen LogP) is 2.88. The molecule has 2 saturated heterocycles. The molecule has 2 aromatic carbocycles. The number of nitrogens with two attached hydrogens (primary N) is 1. The van der Waals surface area contributed by atoms with Gasteiger partial charge in [-0.05, 0) is 42.7 Å². The van der Waals surface area contributed by atoms with E-state index in [1.807, 2.05) is 0 Å². The van der Waals surface area contributed by atoms with E-state index in [2.05, 4.69) is 0 Å². The molecular formula is C23H23F4N3O2. The smallest absolute Gasteiger partial charge is 0.254 e. The van der Waals surface area contributed by atoms with Crippen LogP contribution >= 0.6 is 0 Å². The molecule has 32 heavy (non-hydrogen) atoms. The van der Waals surface area contributed by atoms with Crippen molar-refractivity contribution in [2.75, 3.05) is 19.6 Å². The van der Waals surface area contributed by atoms with Gasteiger partial charge in [0, 0.05) is 49.6 Å². The molecule has 9 heteroatoms. The number of halogens is 4. The predicted molar refractivity (Wildman–Crippen MR) is 109 cm³/mol. The first-order valence-electron chi connectivity index (χ1n) is 10.5. The van der Waals surface area contributed by atoms with Gasteiger partial charge in [-0.3, -0.25) is 9.59 Å². The lowest BCUT2D eigenvalue weighted by molar-refractivity contribution is -0.132. The minimum atomic E-state index is -1.28. The lowest BCUT2D eigenvalue weighted by Gasteiger charge is -2.26. The fraction of sp³-hybridized carbons (Fsp3) is 0.391. The van der Waals surface area contributed by atoms with Crippen LogP contribution in [0.2, 0.25) is 0 Å². The number of hydrogen-bond donors (Lipinski definition) is 1. The molecule has 0 saturated carbocycles. The molecule has 2 heterocycles. The largest absolute Gasteiger partial charge is 0.338 e. The molecule has 0 bridgehead atoms. The van der Waals surface area contributed by atoms with Gasteiger partial charge >= 0.3 is 0 Å². The second-order valence-corrected chi connectivity index (χ2v) is 8.45. The van der Waals surface area contributed by atoms with Crippen molar-refractivity contribution < 1.29 is 27.2 Å². The highest BCUT2D eigenvalue weighted by molar-refractivity contribution is 5.94. The van der Waals surface area contributed by atoms with Gasteiger partial charge in [-0.1, -0.05) is 6.07 Å². The zero-order valence-corrected chi connectivity index (χ0v) is 17.2. The van der Waals surface area contributed by atoms with Gasteiger partial charge < -0.3 is 15.5 Å². The Kier molecular flexibility index (Phi) is 6.19. The van der Waals surface area contributed by atoms with Crippen molar-refractivity contribution in [3.05, 3.63) is 70.8 Å². The maximum atomic E-state index is 13.9. The molecule has 3 atom stereocenters. The fourth-order valence-corrected chi connectivity index (χ4v) is 4.66. The lowest BCUT2D eigenvalue weighted by Crippen LogP contribution is -2.43. The standard InChI is InChI=1S/C23H23F4N3O2/c24-16-3-1-2-13(6-16)23(32)29-11-14-4-5-30(21(14)12-29)22(31)9-17(28)7-15-8-19(26)20(27)10-18(15)25/h1-3,6,8,10,14,17,21H,4-5,7,9,11-12,28H2/t14-,17?,21+/m0/s1. The first-order valence-corrected chi connectivity index (χ1v) is 10.5. The summed E-state index contributed by atoms with van der Waals surface area (Å²) < 4.78 is 53.8. The lowest BCUT2D eigenvalue weighted by atomic mass is 10.0. The van der Waals surface area contributed by atoms with E-state index in [1.165, 1.54) is 18.2 Å². The normalized spacial score (nSPS) is 21.0. The minimum absolute atomic E-state index is 0.0838. The van der Waals surface area contributed by atoms with Crippen LogP contribution in [0.4, 0.5) is 17.6 Å². The molecule has 5 nitrogen and oxygen atoms in total. The maximum Gasteiger partial charge on any atom is 0.254 e. The van der Waals surface area contributed by atoms with Crippen LogP contribution in [0, 0.1) is 29.2 Å². The molecule has 2 aliphatic rings. The number of nitrogens with zero attached hydrogens (tertiary/aromatic N) is 2. The van der Waals surface area contributed by atoms with Crippen molar-refractivity contribution in [3.63, 3.8) is 0 Å². The molecule has 2 aliphatic heterocycles. The number of rotatable bonds is 5. The molecule has 0 aliphatic carbocycles. The van der Waals surface area contributed by atoms with E-state index in [9.17, 15) is 27.2 Å². The molecule has 1 unspecified atom stereocenters. The second kappa shape index (κ2) is 8.90. The quantitative estimate of drug-likeness (QED) is 0.564. The first-order chi connectivity index (χ1) is 15.2. The summed E-state index contributed by atoms with van der Waals surface area (Å²) in [6.45, 7) is 1.36. The van der Waals surface area contributed by atoms with Gasteiger partial charge in [0.25, 0.3) is 5.91 Å². The van der Waals surface area contributed by atoms with Crippen molar-refractivity contribution >= 4 is 11.8 Å². The Morgan fingerprint density at radius 1 is 1.03 bits per heavy atom. The average molecular weight is 449 g/mol. The van der Waals surface area contributed by atoms with Gasteiger partial charge in [-0.2, -0.15) is 0 Å². The summed E-state index contributed by atoms with van der Waals surface area (Å²) >= 11 is 0. The van der Waals surface area contributed by atoms with Crippen LogP contribution in [-0.2, 0) is 11.2 Å². The summed E-state index contributed by atoms with van der Waals surface area (Å²) in [5, 5.41) is 0. The zero-order chi connectivity index (χ0) is 23.0. The van der Waals surface area contributed by atoms with Crippen molar-refractivity contribution in [2.45, 2.75) is 31.3 Å². The number of fused-ring (bicyclic) bond motifs is 1. The summed E-state index contributed by atoms with van der Waals surface area (Å²) in [6, 6.07) is 5.78. The summed E-state index contributed by atoms with van der Waals surface area (Å²) in [4.78, 5) is 28.9. The summed E-state index contributed by atoms with van der Waals surface area (Å²) in [6.07, 6.45) is 0.538. The van der Waals surface area contributed by atoms with Gasteiger partial charge in [0.2, 0.25) is 5.91 Å². The van der Waals surface area contributed by atoms with Gasteiger partial charge in [0.15, 0.2) is 11.6 Å². The Morgan fingerprint density at radius 3 is 2.53 bits per heavy atom. The van der Waals surface area contributed by atoms with Crippen molar-refractivity contribution in [1.82, 2.24) is 9.80 Å². The van der Waals surface area contributed by atoms with Crippen LogP contribution in [0.5, 0.6) is 0 Å². The molecule has 170 valence electrons. The van der Waals surface area contributed by atoms with E-state index in [4.69, 9.17) is 5.73 Å². The third-order valence-electron chi connectivity index (χ3n) is 6.23. The highest BCUT2D eigenvalue weighted by Crippen LogP contribution is 2.33. The fourth-order valence-electron chi connectivity index (χ4n) is 4.66. The van der Waals surface area contributed by atoms with E-state index in [0.29, 0.717) is 25.7 Å². The first kappa shape index (κ1) is 22.3. The molecule has 4 rings (SSSR count). The van der Waals surface area contributed by atoms with E-state index < -0.39 is 29.3 Å². The monoisotopic (exact) mass is 449 g/mol. The Labute approximate surface area is 182 Å². The van der Waals surface area contributed by atoms with Crippen LogP contribution < -0.4 is 5.73 Å². The van der Waals surface area contributed by atoms with Gasteiger partial charge in [0.1, 0.15) is 11.6 Å². The SMILES string of the molecule is NC(CC(=O)N1CC[C@H]2CN(C(=O)c3cccc(F)c3)C[C@H]21)Cc1cc(F)c(F)cc1F. The average Bonchev–Trinajstić information content (AvgIpc) is 3.32. The number of likely N-dealkylation sites (tertiary alicyclic amines) is 2. The third kappa shape index (κ3) is 4.48. The van der Waals surface area contributed by atoms with Gasteiger partial charge in [-0.25, -0.2) is 17.6 Å². The van der Waals surface area contributed by atoms with E-state index in [1.54, 1.807) is 15.9 Å². The Hall–Kier alpha value is -2.94. The van der Waals surface area contributed by atoms with Crippen LogP contribution in [0.25, 0.3) is 0 Å². The summed E-state index contributed by atoms with van der Waals surface area (Å²) in [5.74, 6) is -4.23. The molecule has 2 fully saturated rings. The van der Waals surface area contributed by atoms with E-state index in [0.717, 1.165) is 12.5 Å². The second-order valence-electron chi connectivity index (χ2n) is 8.45. The maximum absolute atomic E-state index is 13.9. The number of carbonyl (C=O) groups is 2. The molecule has 0 aromatic heterocycles. The number of benzene rings is 2. The highest BCUT2D eigenvalue weighted by Gasteiger charge is 2.44. The zero-order valence-electron chi connectivity index (χ0n) is 17.2. The van der Waals surface area contributed by atoms with Gasteiger partial charge in [0.05, 0.1) is 6.04 Å². The molecular weight excluding hydrogens is 426 g/mol. The van der Waals surface area contributed by atoms with Crippen LogP contribution in [0.3, 0.4) is 0 Å². The number of carbonyl (C=O) groups excluding carboxylic acids is 2. The Morgan fingerprint density at radius 2 is 1.78 bits per heavy atom. The molecule has 0 radical (unpaired) electrons. The highest BCUT2D eigenvalue weighted by atomic mass is 19.2. The number of amides is 2. The number of hydrogen-bond acceptors (Lipinski definition) is 3. The van der Waals surface area contributed by atoms with Crippen molar-refractivity contribution in [1.29, 1.82) is 0 Å². The third-order valence-corrected chi connectivity index (χ3v) is 6.23. The van der Waals surface area contributed by atoms with E-state index >= 15 is 0 Å². The van der Waals surface area contributed by atoms with Crippen molar-refractivity contribution in [3.8, 4) is 0 Å². The molecule has 0 spiro atoms. The Balaban J connectivity index is 1.37. The minimum Gasteiger partial charge on any atom is -0.338 e. The molecule has 2 aromatic rings. The summed E-state index contributed by atoms with van der Waals surface area (Å²) in [5.41, 5.74) is 6.18. The molecule has 2 N–H and O–H groups in total. The van der Waals surface area contributed by atoms with Crippen LogP contribution in [0.15, 0.2) is 36.4 Å². The van der Waals surface area contributed by atoms with E-state index in [-0.39, 0.29) is 47.7 Å². The molecule has 2 amide bonds. The van der Waals surface area contributed by atoms with Crippen molar-refractivity contribution in [2.24, 2.45) is 11.7 Å². The van der Waals surface area contributed by atoms with Crippen LogP contribution in [0.1, 0.15) is 28.8 Å². The Bertz CT molecular complexity index is 1050. The van der Waals surface area contributed by atoms with Gasteiger partial charge in [-0.15, -0.1) is 0 Å². The van der Waals surface area contributed by atoms with Crippen LogP contribution in [-0.4, -0.2) is 53.3 Å².